The van der Waals surface area contributed by atoms with Gasteiger partial charge in [0.2, 0.25) is 0 Å². The number of morpholine rings is 1. The molecule has 4 aromatic rings. The molecule has 6 nitrogen and oxygen atoms in total. The second kappa shape index (κ2) is 10.9. The van der Waals surface area contributed by atoms with E-state index in [-0.39, 0.29) is 12.0 Å². The summed E-state index contributed by atoms with van der Waals surface area (Å²) in [5.74, 6) is 0.717. The van der Waals surface area contributed by atoms with Crippen LogP contribution in [0.1, 0.15) is 21.5 Å². The van der Waals surface area contributed by atoms with Crippen LogP contribution in [0.4, 0.5) is 0 Å². The van der Waals surface area contributed by atoms with Crippen molar-refractivity contribution in [1.82, 2.24) is 20.2 Å². The maximum atomic E-state index is 12.6. The van der Waals surface area contributed by atoms with Gasteiger partial charge in [-0.05, 0) is 35.4 Å². The summed E-state index contributed by atoms with van der Waals surface area (Å²) in [5, 5.41) is 3.93. The molecule has 2 N–H and O–H groups in total. The average molecular weight is 473 g/mol. The Morgan fingerprint density at radius 1 is 1.03 bits per heavy atom. The zero-order chi connectivity index (χ0) is 23.2. The van der Waals surface area contributed by atoms with E-state index in [2.05, 4.69) is 44.5 Å². The highest BCUT2D eigenvalue weighted by atomic mass is 32.2. The average Bonchev–Trinajstić information content (AvgIpc) is 3.30. The zero-order valence-electron chi connectivity index (χ0n) is 18.9. The molecule has 1 saturated heterocycles. The minimum Gasteiger partial charge on any atom is -0.374 e. The number of fused-ring (bicyclic) bond motifs is 1. The predicted molar refractivity (Wildman–Crippen MR) is 136 cm³/mol. The Labute approximate surface area is 203 Å². The molecule has 1 aliphatic heterocycles. The molecule has 1 fully saturated rings. The molecule has 174 valence electrons. The maximum absolute atomic E-state index is 12.6. The first kappa shape index (κ1) is 22.7. The number of nitrogens with one attached hydrogen (secondary N) is 2. The first-order valence-electron chi connectivity index (χ1n) is 11.6. The van der Waals surface area contributed by atoms with Crippen molar-refractivity contribution in [3.05, 3.63) is 95.6 Å². The van der Waals surface area contributed by atoms with Crippen LogP contribution in [0.2, 0.25) is 0 Å². The number of H-pyrrole nitrogens is 1. The molecule has 2 heterocycles. The minimum atomic E-state index is -0.0692. The van der Waals surface area contributed by atoms with E-state index in [1.54, 1.807) is 11.8 Å². The van der Waals surface area contributed by atoms with E-state index in [1.165, 1.54) is 5.56 Å². The number of ether oxygens (including phenoxy) is 1. The molecule has 0 spiro atoms. The van der Waals surface area contributed by atoms with E-state index in [4.69, 9.17) is 4.74 Å². The van der Waals surface area contributed by atoms with Gasteiger partial charge in [-0.25, -0.2) is 4.98 Å². The fourth-order valence-electron chi connectivity index (χ4n) is 4.10. The number of rotatable bonds is 8. The van der Waals surface area contributed by atoms with Crippen molar-refractivity contribution >= 4 is 28.7 Å². The number of aromatic amines is 1. The maximum Gasteiger partial charge on any atom is 0.251 e. The Morgan fingerprint density at radius 2 is 1.82 bits per heavy atom. The Balaban J connectivity index is 1.09. The second-order valence-electron chi connectivity index (χ2n) is 8.47. The lowest BCUT2D eigenvalue weighted by molar-refractivity contribution is -0.0292. The largest absolute Gasteiger partial charge is 0.374 e. The summed E-state index contributed by atoms with van der Waals surface area (Å²) in [7, 11) is 0. The molecule has 0 bridgehead atoms. The van der Waals surface area contributed by atoms with E-state index in [9.17, 15) is 4.79 Å². The molecule has 1 amide bonds. The van der Waals surface area contributed by atoms with Crippen LogP contribution in [0.5, 0.6) is 0 Å². The van der Waals surface area contributed by atoms with Crippen molar-refractivity contribution in [3.63, 3.8) is 0 Å². The zero-order valence-corrected chi connectivity index (χ0v) is 19.8. The van der Waals surface area contributed by atoms with Gasteiger partial charge < -0.3 is 15.0 Å². The standard InChI is InChI=1S/C27H28N4O2S/c32-26(28-16-23-18-31(14-15-33-23)17-20-6-2-1-3-7-20)22-12-10-21(11-13-22)19-34-27-29-24-8-4-5-9-25(24)30-27/h1-13,23H,14-19H2,(H,28,32)(H,29,30). The number of imidazole rings is 1. The smallest absolute Gasteiger partial charge is 0.251 e. The number of amides is 1. The topological polar surface area (TPSA) is 70.2 Å². The normalized spacial score (nSPS) is 16.5. The number of hydrogen-bond acceptors (Lipinski definition) is 5. The van der Waals surface area contributed by atoms with Gasteiger partial charge in [0.1, 0.15) is 0 Å². The number of carbonyl (C=O) groups excluding carboxylic acids is 1. The molecule has 0 saturated carbocycles. The molecule has 1 atom stereocenters. The third-order valence-electron chi connectivity index (χ3n) is 5.92. The van der Waals surface area contributed by atoms with Gasteiger partial charge >= 0.3 is 0 Å². The highest BCUT2D eigenvalue weighted by molar-refractivity contribution is 7.98. The van der Waals surface area contributed by atoms with Crippen molar-refractivity contribution in [2.24, 2.45) is 0 Å². The van der Waals surface area contributed by atoms with E-state index in [0.29, 0.717) is 18.7 Å². The molecule has 1 unspecified atom stereocenters. The third-order valence-corrected chi connectivity index (χ3v) is 6.87. The van der Waals surface area contributed by atoms with Crippen LogP contribution >= 0.6 is 11.8 Å². The van der Waals surface area contributed by atoms with E-state index in [1.807, 2.05) is 54.6 Å². The van der Waals surface area contributed by atoms with Gasteiger partial charge in [-0.2, -0.15) is 0 Å². The molecule has 1 aromatic heterocycles. The summed E-state index contributed by atoms with van der Waals surface area (Å²) in [5.41, 5.74) is 5.12. The number of benzene rings is 3. The van der Waals surface area contributed by atoms with Crippen LogP contribution in [-0.4, -0.2) is 53.1 Å². The number of carbonyl (C=O) groups is 1. The van der Waals surface area contributed by atoms with Crippen LogP contribution in [0.25, 0.3) is 11.0 Å². The molecule has 34 heavy (non-hydrogen) atoms. The molecule has 7 heteroatoms. The predicted octanol–water partition coefficient (Wildman–Crippen LogP) is 4.49. The van der Waals surface area contributed by atoms with E-state index >= 15 is 0 Å². The molecule has 1 aliphatic rings. The Kier molecular flexibility index (Phi) is 7.24. The Hall–Kier alpha value is -3.13. The minimum absolute atomic E-state index is 0.000828. The monoisotopic (exact) mass is 472 g/mol. The second-order valence-corrected chi connectivity index (χ2v) is 9.43. The molecule has 3 aromatic carbocycles. The quantitative estimate of drug-likeness (QED) is 0.370. The van der Waals surface area contributed by atoms with Gasteiger partial charge in [-0.1, -0.05) is 66.4 Å². The van der Waals surface area contributed by atoms with Crippen LogP contribution in [0.3, 0.4) is 0 Å². The molecule has 0 radical (unpaired) electrons. The lowest BCUT2D eigenvalue weighted by Crippen LogP contribution is -2.47. The number of para-hydroxylation sites is 2. The molecular weight excluding hydrogens is 444 g/mol. The third kappa shape index (κ3) is 5.86. The van der Waals surface area contributed by atoms with Gasteiger partial charge in [0.15, 0.2) is 5.16 Å². The summed E-state index contributed by atoms with van der Waals surface area (Å²) >= 11 is 1.65. The van der Waals surface area contributed by atoms with Crippen molar-refractivity contribution in [1.29, 1.82) is 0 Å². The van der Waals surface area contributed by atoms with Crippen molar-refractivity contribution in [2.75, 3.05) is 26.2 Å². The lowest BCUT2D eigenvalue weighted by atomic mass is 10.1. The van der Waals surface area contributed by atoms with Crippen molar-refractivity contribution < 1.29 is 9.53 Å². The fraction of sp³-hybridized carbons (Fsp3) is 0.259. The van der Waals surface area contributed by atoms with Crippen LogP contribution in [0, 0.1) is 0 Å². The van der Waals surface area contributed by atoms with Crippen LogP contribution in [0.15, 0.2) is 84.0 Å². The van der Waals surface area contributed by atoms with Gasteiger partial charge in [0.05, 0.1) is 23.7 Å². The number of aromatic nitrogens is 2. The summed E-state index contributed by atoms with van der Waals surface area (Å²) in [6.45, 7) is 3.82. The van der Waals surface area contributed by atoms with E-state index < -0.39 is 0 Å². The van der Waals surface area contributed by atoms with Gasteiger partial charge in [0.25, 0.3) is 5.91 Å². The number of thioether (sulfide) groups is 1. The number of nitrogens with zero attached hydrogens (tertiary/aromatic N) is 2. The Morgan fingerprint density at radius 3 is 2.65 bits per heavy atom. The Bertz CT molecular complexity index is 1190. The van der Waals surface area contributed by atoms with Crippen LogP contribution < -0.4 is 5.32 Å². The van der Waals surface area contributed by atoms with Crippen molar-refractivity contribution in [3.8, 4) is 0 Å². The molecular formula is C27H28N4O2S. The van der Waals surface area contributed by atoms with Gasteiger partial charge in [-0.3, -0.25) is 9.69 Å². The van der Waals surface area contributed by atoms with Crippen LogP contribution in [-0.2, 0) is 17.0 Å². The van der Waals surface area contributed by atoms with Gasteiger partial charge in [0, 0.05) is 37.5 Å². The van der Waals surface area contributed by atoms with Crippen molar-refractivity contribution in [2.45, 2.75) is 23.6 Å². The lowest BCUT2D eigenvalue weighted by Gasteiger charge is -2.33. The van der Waals surface area contributed by atoms with E-state index in [0.717, 1.165) is 47.1 Å². The molecule has 5 rings (SSSR count). The summed E-state index contributed by atoms with van der Waals surface area (Å²) in [6.07, 6.45) is 0.000828. The first-order chi connectivity index (χ1) is 16.7. The highest BCUT2D eigenvalue weighted by Crippen LogP contribution is 2.23. The number of hydrogen-bond donors (Lipinski definition) is 2. The first-order valence-corrected chi connectivity index (χ1v) is 12.5. The fourth-order valence-corrected chi connectivity index (χ4v) is 4.94. The SMILES string of the molecule is O=C(NCC1CN(Cc2ccccc2)CCO1)c1ccc(CSc2nc3ccccc3[nH]2)cc1. The summed E-state index contributed by atoms with van der Waals surface area (Å²) in [4.78, 5) is 23.0. The van der Waals surface area contributed by atoms with Gasteiger partial charge in [-0.15, -0.1) is 0 Å². The molecule has 0 aliphatic carbocycles. The highest BCUT2D eigenvalue weighted by Gasteiger charge is 2.21. The summed E-state index contributed by atoms with van der Waals surface area (Å²) in [6, 6.07) is 26.2. The summed E-state index contributed by atoms with van der Waals surface area (Å²) < 4.78 is 5.88.